The highest BCUT2D eigenvalue weighted by atomic mass is 32.1. The van der Waals surface area contributed by atoms with Crippen LogP contribution in [-0.2, 0) is 16.0 Å². The first-order valence-electron chi connectivity index (χ1n) is 7.26. The summed E-state index contributed by atoms with van der Waals surface area (Å²) in [5.41, 5.74) is 2.70. The average molecular weight is 334 g/mol. The Kier molecular flexibility index (Phi) is 6.64. The molecule has 1 aromatic carbocycles. The summed E-state index contributed by atoms with van der Waals surface area (Å²) in [6, 6.07) is 9.93. The second-order valence-corrected chi connectivity index (χ2v) is 6.02. The van der Waals surface area contributed by atoms with Crippen LogP contribution in [0.2, 0.25) is 0 Å². The van der Waals surface area contributed by atoms with Crippen LogP contribution in [0.3, 0.4) is 0 Å². The lowest BCUT2D eigenvalue weighted by atomic mass is 10.2. The Hall–Kier alpha value is -2.32. The molecule has 1 heterocycles. The van der Waals surface area contributed by atoms with E-state index in [1.807, 2.05) is 30.3 Å². The van der Waals surface area contributed by atoms with Gasteiger partial charge in [-0.05, 0) is 18.4 Å². The quantitative estimate of drug-likeness (QED) is 0.390. The van der Waals surface area contributed by atoms with Crippen molar-refractivity contribution >= 4 is 28.3 Å². The summed E-state index contributed by atoms with van der Waals surface area (Å²) in [4.78, 5) is 22.6. The minimum atomic E-state index is -0.444. The number of unbranched alkanes of at least 4 members (excludes halogenated alkanes) is 1. The normalized spacial score (nSPS) is 10.3. The molecule has 1 aromatic heterocycles. The Morgan fingerprint density at radius 1 is 1.04 bits per heavy atom. The number of carbonyl (C=O) groups excluding carboxylic acids is 2. The fourth-order valence-electron chi connectivity index (χ4n) is 1.95. The lowest BCUT2D eigenvalue weighted by Gasteiger charge is -2.01. The van der Waals surface area contributed by atoms with Gasteiger partial charge < -0.3 is 5.32 Å². The number of aromatic nitrogens is 2. The summed E-state index contributed by atoms with van der Waals surface area (Å²) < 4.78 is 0. The number of benzene rings is 1. The zero-order valence-electron chi connectivity index (χ0n) is 12.5. The molecule has 0 atom stereocenters. The SMILES string of the molecule is O=C(CCCCC(=O)Nc1nnc(Cc2ccccc2)s1)NO. The first-order chi connectivity index (χ1) is 11.2. The summed E-state index contributed by atoms with van der Waals surface area (Å²) in [5, 5.41) is 20.4. The van der Waals surface area contributed by atoms with Gasteiger partial charge in [0.15, 0.2) is 0 Å². The minimum absolute atomic E-state index is 0.156. The Bertz CT molecular complexity index is 645. The van der Waals surface area contributed by atoms with Gasteiger partial charge in [0.1, 0.15) is 5.01 Å². The van der Waals surface area contributed by atoms with E-state index in [2.05, 4.69) is 15.5 Å². The molecule has 7 nitrogen and oxygen atoms in total. The topological polar surface area (TPSA) is 104 Å². The van der Waals surface area contributed by atoms with Crippen LogP contribution in [0.5, 0.6) is 0 Å². The van der Waals surface area contributed by atoms with Gasteiger partial charge in [-0.25, -0.2) is 5.48 Å². The number of carbonyl (C=O) groups is 2. The van der Waals surface area contributed by atoms with Crippen LogP contribution in [-0.4, -0.2) is 27.2 Å². The molecular formula is C15H18N4O3S. The lowest BCUT2D eigenvalue weighted by molar-refractivity contribution is -0.129. The Morgan fingerprint density at radius 3 is 2.43 bits per heavy atom. The number of nitrogens with zero attached hydrogens (tertiary/aromatic N) is 2. The van der Waals surface area contributed by atoms with Crippen molar-refractivity contribution in [3.05, 3.63) is 40.9 Å². The number of hydroxylamine groups is 1. The predicted molar refractivity (Wildman–Crippen MR) is 86.2 cm³/mol. The smallest absolute Gasteiger partial charge is 0.243 e. The first kappa shape index (κ1) is 17.0. The number of hydrogen-bond donors (Lipinski definition) is 3. The fourth-order valence-corrected chi connectivity index (χ4v) is 2.75. The van der Waals surface area contributed by atoms with Crippen LogP contribution < -0.4 is 10.8 Å². The maximum atomic E-state index is 11.8. The third-order valence-electron chi connectivity index (χ3n) is 3.09. The van der Waals surface area contributed by atoms with Gasteiger partial charge in [0.05, 0.1) is 0 Å². The van der Waals surface area contributed by atoms with Gasteiger partial charge in [0.2, 0.25) is 16.9 Å². The summed E-state index contributed by atoms with van der Waals surface area (Å²) in [5.74, 6) is -0.600. The maximum absolute atomic E-state index is 11.8. The maximum Gasteiger partial charge on any atom is 0.243 e. The number of anilines is 1. The second-order valence-electron chi connectivity index (χ2n) is 4.95. The van der Waals surface area contributed by atoms with Crippen molar-refractivity contribution in [1.82, 2.24) is 15.7 Å². The number of rotatable bonds is 8. The van der Waals surface area contributed by atoms with E-state index < -0.39 is 5.91 Å². The molecule has 3 N–H and O–H groups in total. The molecule has 0 saturated heterocycles. The largest absolute Gasteiger partial charge is 0.301 e. The molecule has 0 radical (unpaired) electrons. The van der Waals surface area contributed by atoms with Crippen molar-refractivity contribution in [2.24, 2.45) is 0 Å². The summed E-state index contributed by atoms with van der Waals surface area (Å²) in [6.07, 6.45) is 2.28. The standard InChI is InChI=1S/C15H18N4O3S/c20-12(8-4-5-9-13(21)19-22)16-15-18-17-14(23-15)10-11-6-2-1-3-7-11/h1-3,6-7,22H,4-5,8-10H2,(H,19,21)(H,16,18,20). The second kappa shape index (κ2) is 8.96. The highest BCUT2D eigenvalue weighted by Crippen LogP contribution is 2.18. The van der Waals surface area contributed by atoms with E-state index in [0.29, 0.717) is 30.8 Å². The van der Waals surface area contributed by atoms with Gasteiger partial charge in [0.25, 0.3) is 0 Å². The van der Waals surface area contributed by atoms with Crippen molar-refractivity contribution in [3.8, 4) is 0 Å². The Balaban J connectivity index is 1.73. The molecular weight excluding hydrogens is 316 g/mol. The van der Waals surface area contributed by atoms with Crippen LogP contribution in [0.4, 0.5) is 5.13 Å². The third-order valence-corrected chi connectivity index (χ3v) is 3.93. The summed E-state index contributed by atoms with van der Waals surface area (Å²) in [7, 11) is 0. The van der Waals surface area contributed by atoms with Gasteiger partial charge >= 0.3 is 0 Å². The monoisotopic (exact) mass is 334 g/mol. The number of hydrogen-bond acceptors (Lipinski definition) is 6. The molecule has 0 aliphatic rings. The predicted octanol–water partition coefficient (Wildman–Crippen LogP) is 2.13. The number of amides is 2. The molecule has 0 aliphatic heterocycles. The fraction of sp³-hybridized carbons (Fsp3) is 0.333. The highest BCUT2D eigenvalue weighted by molar-refractivity contribution is 7.15. The van der Waals surface area contributed by atoms with E-state index in [1.165, 1.54) is 11.3 Å². The van der Waals surface area contributed by atoms with Gasteiger partial charge in [0, 0.05) is 19.3 Å². The molecule has 0 spiro atoms. The molecule has 2 aromatic rings. The molecule has 0 bridgehead atoms. The van der Waals surface area contributed by atoms with E-state index in [4.69, 9.17) is 5.21 Å². The van der Waals surface area contributed by atoms with Crippen LogP contribution in [0.1, 0.15) is 36.3 Å². The highest BCUT2D eigenvalue weighted by Gasteiger charge is 2.09. The Labute approximate surface area is 137 Å². The van der Waals surface area contributed by atoms with Crippen LogP contribution in [0.25, 0.3) is 0 Å². The van der Waals surface area contributed by atoms with Crippen molar-refractivity contribution < 1.29 is 14.8 Å². The first-order valence-corrected chi connectivity index (χ1v) is 8.08. The van der Waals surface area contributed by atoms with Crippen LogP contribution >= 0.6 is 11.3 Å². The zero-order chi connectivity index (χ0) is 16.5. The molecule has 0 fully saturated rings. The Morgan fingerprint density at radius 2 is 1.74 bits per heavy atom. The number of nitrogens with one attached hydrogen (secondary N) is 2. The minimum Gasteiger partial charge on any atom is -0.301 e. The van der Waals surface area contributed by atoms with E-state index in [9.17, 15) is 9.59 Å². The molecule has 8 heteroatoms. The van der Waals surface area contributed by atoms with E-state index >= 15 is 0 Å². The molecule has 2 amide bonds. The van der Waals surface area contributed by atoms with Gasteiger partial charge in [-0.3, -0.25) is 14.8 Å². The van der Waals surface area contributed by atoms with Crippen molar-refractivity contribution in [3.63, 3.8) is 0 Å². The van der Waals surface area contributed by atoms with E-state index in [-0.39, 0.29) is 12.3 Å². The lowest BCUT2D eigenvalue weighted by Crippen LogP contribution is -2.18. The molecule has 23 heavy (non-hydrogen) atoms. The summed E-state index contributed by atoms with van der Waals surface area (Å²) >= 11 is 1.35. The van der Waals surface area contributed by atoms with Crippen molar-refractivity contribution in [2.75, 3.05) is 5.32 Å². The third kappa shape index (κ3) is 6.13. The van der Waals surface area contributed by atoms with Crippen molar-refractivity contribution in [2.45, 2.75) is 32.1 Å². The molecule has 0 saturated carbocycles. The zero-order valence-corrected chi connectivity index (χ0v) is 13.3. The van der Waals surface area contributed by atoms with Crippen molar-refractivity contribution in [1.29, 1.82) is 0 Å². The summed E-state index contributed by atoms with van der Waals surface area (Å²) in [6.45, 7) is 0. The average Bonchev–Trinajstić information content (AvgIpc) is 2.99. The van der Waals surface area contributed by atoms with Crippen LogP contribution in [0.15, 0.2) is 30.3 Å². The van der Waals surface area contributed by atoms with Gasteiger partial charge in [-0.15, -0.1) is 10.2 Å². The molecule has 0 unspecified atom stereocenters. The molecule has 0 aliphatic carbocycles. The molecule has 122 valence electrons. The van der Waals surface area contributed by atoms with Gasteiger partial charge in [-0.1, -0.05) is 41.7 Å². The van der Waals surface area contributed by atoms with Gasteiger partial charge in [-0.2, -0.15) is 0 Å². The molecule has 2 rings (SSSR count). The van der Waals surface area contributed by atoms with E-state index in [0.717, 1.165) is 10.6 Å². The van der Waals surface area contributed by atoms with E-state index in [1.54, 1.807) is 5.48 Å². The van der Waals surface area contributed by atoms with Crippen LogP contribution in [0, 0.1) is 0 Å².